The lowest BCUT2D eigenvalue weighted by Gasteiger charge is -2.15. The number of halogens is 3. The van der Waals surface area contributed by atoms with Crippen LogP contribution in [0, 0.1) is 6.92 Å². The number of aromatic nitrogens is 2. The van der Waals surface area contributed by atoms with Crippen LogP contribution < -0.4 is 16.2 Å². The topological polar surface area (TPSA) is 88.0 Å². The van der Waals surface area contributed by atoms with Crippen molar-refractivity contribution in [3.05, 3.63) is 74.6 Å². The smallest absolute Gasteiger partial charge is 0.272 e. The molecule has 7 nitrogen and oxygen atoms in total. The maximum atomic E-state index is 13.1. The lowest BCUT2D eigenvalue weighted by Crippen LogP contribution is -2.35. The van der Waals surface area contributed by atoms with Gasteiger partial charge in [0.15, 0.2) is 5.82 Å². The predicted octanol–water partition coefficient (Wildman–Crippen LogP) is 4.26. The van der Waals surface area contributed by atoms with E-state index in [0.29, 0.717) is 32.1 Å². The van der Waals surface area contributed by atoms with E-state index in [2.05, 4.69) is 21.2 Å². The summed E-state index contributed by atoms with van der Waals surface area (Å²) in [7, 11) is 1.55. The van der Waals surface area contributed by atoms with Crippen molar-refractivity contribution < 1.29 is 9.59 Å². The number of carbonyl (C=O) groups excluding carboxylic acids is 2. The van der Waals surface area contributed by atoms with Crippen LogP contribution in [0.25, 0.3) is 5.82 Å². The highest BCUT2D eigenvalue weighted by molar-refractivity contribution is 6.33. The van der Waals surface area contributed by atoms with Crippen LogP contribution in [0.4, 0.5) is 5.69 Å². The molecule has 0 fully saturated rings. The fourth-order valence-corrected chi connectivity index (χ4v) is 3.47. The van der Waals surface area contributed by atoms with Crippen molar-refractivity contribution in [1.82, 2.24) is 20.4 Å². The molecule has 29 heavy (non-hydrogen) atoms. The summed E-state index contributed by atoms with van der Waals surface area (Å²) in [6, 6.07) is 7.94. The molecule has 3 N–H and O–H groups in total. The molecule has 0 atom stereocenters. The fraction of sp³-hybridized carbons (Fsp3) is 0.105. The molecule has 0 aliphatic heterocycles. The largest absolute Gasteiger partial charge is 0.320 e. The number of aryl methyl sites for hydroxylation is 1. The van der Waals surface area contributed by atoms with Crippen LogP contribution in [-0.4, -0.2) is 28.4 Å². The Morgan fingerprint density at radius 3 is 2.52 bits per heavy atom. The van der Waals surface area contributed by atoms with Gasteiger partial charge in [-0.05, 0) is 42.8 Å². The van der Waals surface area contributed by atoms with Crippen molar-refractivity contribution in [3.63, 3.8) is 0 Å². The van der Waals surface area contributed by atoms with E-state index in [0.717, 1.165) is 0 Å². The highest BCUT2D eigenvalue weighted by Crippen LogP contribution is 2.28. The number of anilines is 1. The van der Waals surface area contributed by atoms with Gasteiger partial charge in [-0.25, -0.2) is 10.4 Å². The molecule has 3 rings (SSSR count). The van der Waals surface area contributed by atoms with Crippen LogP contribution in [0.2, 0.25) is 15.1 Å². The fourth-order valence-electron chi connectivity index (χ4n) is 2.78. The monoisotopic (exact) mass is 451 g/mol. The summed E-state index contributed by atoms with van der Waals surface area (Å²) in [6.07, 6.45) is 3.09. The summed E-state index contributed by atoms with van der Waals surface area (Å²) in [5.74, 6) is -0.593. The molecule has 3 aromatic rings. The molecule has 0 radical (unpaired) electrons. The second kappa shape index (κ2) is 8.84. The van der Waals surface area contributed by atoms with Gasteiger partial charge in [-0.15, -0.1) is 0 Å². The first kappa shape index (κ1) is 21.1. The second-order valence-corrected chi connectivity index (χ2v) is 7.31. The molecule has 10 heteroatoms. The number of pyridine rings is 1. The van der Waals surface area contributed by atoms with E-state index in [1.54, 1.807) is 38.4 Å². The number of amides is 2. The first-order valence-electron chi connectivity index (χ1n) is 8.39. The summed E-state index contributed by atoms with van der Waals surface area (Å²) >= 11 is 18.4. The van der Waals surface area contributed by atoms with Gasteiger partial charge in [0.05, 0.1) is 21.3 Å². The van der Waals surface area contributed by atoms with Gasteiger partial charge in [-0.1, -0.05) is 34.8 Å². The summed E-state index contributed by atoms with van der Waals surface area (Å²) in [4.78, 5) is 29.7. The van der Waals surface area contributed by atoms with Crippen molar-refractivity contribution in [2.75, 3.05) is 12.4 Å². The van der Waals surface area contributed by atoms with Crippen LogP contribution in [0.3, 0.4) is 0 Å². The molecule has 2 amide bonds. The summed E-state index contributed by atoms with van der Waals surface area (Å²) in [6.45, 7) is 1.74. The Hall–Kier alpha value is -2.58. The first-order chi connectivity index (χ1) is 13.8. The van der Waals surface area contributed by atoms with Crippen LogP contribution >= 0.6 is 34.8 Å². The minimum absolute atomic E-state index is 0.199. The number of carbonyl (C=O) groups is 2. The Morgan fingerprint density at radius 2 is 1.83 bits per heavy atom. The Morgan fingerprint density at radius 1 is 1.07 bits per heavy atom. The van der Waals surface area contributed by atoms with Crippen molar-refractivity contribution in [3.8, 4) is 5.82 Å². The third-order valence-corrected chi connectivity index (χ3v) is 4.73. The molecule has 1 aromatic carbocycles. The molecular weight excluding hydrogens is 437 g/mol. The summed E-state index contributed by atoms with van der Waals surface area (Å²) in [5, 5.41) is 3.82. The number of nitrogens with one attached hydrogen (secondary N) is 3. The molecule has 2 aromatic heterocycles. The van der Waals surface area contributed by atoms with Gasteiger partial charge in [0.2, 0.25) is 0 Å². The molecule has 0 saturated heterocycles. The predicted molar refractivity (Wildman–Crippen MR) is 114 cm³/mol. The van der Waals surface area contributed by atoms with E-state index in [-0.39, 0.29) is 11.3 Å². The van der Waals surface area contributed by atoms with Gasteiger partial charge in [-0.2, -0.15) is 0 Å². The van der Waals surface area contributed by atoms with Crippen molar-refractivity contribution in [2.24, 2.45) is 0 Å². The van der Waals surface area contributed by atoms with Gasteiger partial charge in [-0.3, -0.25) is 19.6 Å². The molecule has 150 valence electrons. The van der Waals surface area contributed by atoms with Crippen LogP contribution in [0.1, 0.15) is 26.4 Å². The Bertz CT molecular complexity index is 1100. The molecule has 0 saturated carbocycles. The Labute approximate surface area is 181 Å². The first-order valence-corrected chi connectivity index (χ1v) is 9.52. The average molecular weight is 453 g/mol. The van der Waals surface area contributed by atoms with Crippen molar-refractivity contribution in [1.29, 1.82) is 0 Å². The SMILES string of the molecule is CNNC(=O)c1cc(Cl)cc(C)c1NC(=O)c1cc(Cl)cn1-c1ncccc1Cl. The van der Waals surface area contributed by atoms with E-state index < -0.39 is 11.8 Å². The lowest BCUT2D eigenvalue weighted by molar-refractivity contribution is 0.0939. The van der Waals surface area contributed by atoms with Gasteiger partial charge >= 0.3 is 0 Å². The number of hydrazine groups is 1. The average Bonchev–Trinajstić information content (AvgIpc) is 3.05. The number of nitrogens with zero attached hydrogens (tertiary/aromatic N) is 2. The standard InChI is InChI=1S/C19H16Cl3N5O2/c1-10-6-11(20)7-13(18(28)26-23-2)16(10)25-19(29)15-8-12(21)9-27(15)17-14(22)4-3-5-24-17/h3-9,23H,1-2H3,(H,25,29)(H,26,28). The van der Waals surface area contributed by atoms with Gasteiger partial charge in [0, 0.05) is 24.5 Å². The van der Waals surface area contributed by atoms with E-state index in [9.17, 15) is 9.59 Å². The molecule has 0 spiro atoms. The van der Waals surface area contributed by atoms with Crippen LogP contribution in [-0.2, 0) is 0 Å². The molecule has 0 aliphatic carbocycles. The zero-order chi connectivity index (χ0) is 21.1. The Kier molecular flexibility index (Phi) is 6.44. The zero-order valence-corrected chi connectivity index (χ0v) is 17.7. The van der Waals surface area contributed by atoms with Crippen LogP contribution in [0.5, 0.6) is 0 Å². The minimum atomic E-state index is -0.498. The normalized spacial score (nSPS) is 10.7. The quantitative estimate of drug-likeness (QED) is 0.505. The number of benzene rings is 1. The summed E-state index contributed by atoms with van der Waals surface area (Å²) < 4.78 is 1.48. The third-order valence-electron chi connectivity index (χ3n) is 4.01. The molecule has 0 unspecified atom stereocenters. The van der Waals surface area contributed by atoms with E-state index in [4.69, 9.17) is 34.8 Å². The minimum Gasteiger partial charge on any atom is -0.320 e. The highest BCUT2D eigenvalue weighted by atomic mass is 35.5. The van der Waals surface area contributed by atoms with E-state index in [1.165, 1.54) is 22.9 Å². The van der Waals surface area contributed by atoms with Gasteiger partial charge in [0.25, 0.3) is 11.8 Å². The third kappa shape index (κ3) is 4.54. The molecule has 2 heterocycles. The molecule has 0 bridgehead atoms. The lowest BCUT2D eigenvalue weighted by atomic mass is 10.1. The van der Waals surface area contributed by atoms with E-state index >= 15 is 0 Å². The maximum absolute atomic E-state index is 13.1. The second-order valence-electron chi connectivity index (χ2n) is 6.03. The van der Waals surface area contributed by atoms with Gasteiger partial charge in [0.1, 0.15) is 5.69 Å². The highest BCUT2D eigenvalue weighted by Gasteiger charge is 2.21. The van der Waals surface area contributed by atoms with E-state index in [1.807, 2.05) is 0 Å². The number of hydrogen-bond donors (Lipinski definition) is 3. The number of hydrogen-bond acceptors (Lipinski definition) is 4. The summed E-state index contributed by atoms with van der Waals surface area (Å²) in [5.41, 5.74) is 6.37. The Balaban J connectivity index is 2.03. The van der Waals surface area contributed by atoms with Crippen LogP contribution in [0.15, 0.2) is 42.7 Å². The molecule has 0 aliphatic rings. The maximum Gasteiger partial charge on any atom is 0.272 e. The number of rotatable bonds is 5. The zero-order valence-electron chi connectivity index (χ0n) is 15.4. The van der Waals surface area contributed by atoms with Gasteiger partial charge < -0.3 is 5.32 Å². The van der Waals surface area contributed by atoms with Crippen molar-refractivity contribution >= 4 is 52.3 Å². The molecular formula is C19H16Cl3N5O2. The van der Waals surface area contributed by atoms with Crippen molar-refractivity contribution in [2.45, 2.75) is 6.92 Å².